The molecule has 4 rings (SSSR count). The molecule has 0 atom stereocenters. The zero-order chi connectivity index (χ0) is 23.6. The third-order valence-corrected chi connectivity index (χ3v) is 7.17. The smallest absolute Gasteiger partial charge is 0.297 e. The zero-order valence-corrected chi connectivity index (χ0v) is 17.9. The van der Waals surface area contributed by atoms with Crippen molar-refractivity contribution in [3.8, 4) is 5.69 Å². The molecule has 3 aromatic carbocycles. The number of anilines is 1. The van der Waals surface area contributed by atoms with Gasteiger partial charge < -0.3 is 5.73 Å². The summed E-state index contributed by atoms with van der Waals surface area (Å²) in [5.74, 6) is 0. The Morgan fingerprint density at radius 3 is 1.66 bits per heavy atom. The number of nitrogens with zero attached hydrogens (tertiary/aromatic N) is 3. The molecule has 32 heavy (non-hydrogen) atoms. The van der Waals surface area contributed by atoms with E-state index in [9.17, 15) is 38.9 Å². The zero-order valence-electron chi connectivity index (χ0n) is 15.5. The van der Waals surface area contributed by atoms with E-state index in [0.717, 1.165) is 16.9 Å². The highest BCUT2D eigenvalue weighted by atomic mass is 32.2. The lowest BCUT2D eigenvalue weighted by Crippen LogP contribution is -2.07. The lowest BCUT2D eigenvalue weighted by molar-refractivity contribution is 0.480. The van der Waals surface area contributed by atoms with Crippen molar-refractivity contribution in [2.45, 2.75) is 14.7 Å². The molecule has 0 saturated heterocycles. The number of nitrogen functional groups attached to an aromatic ring is 1. The van der Waals surface area contributed by atoms with E-state index in [2.05, 4.69) is 10.2 Å². The van der Waals surface area contributed by atoms with Gasteiger partial charge in [0.05, 0.1) is 10.6 Å². The second-order valence-corrected chi connectivity index (χ2v) is 10.7. The third kappa shape index (κ3) is 3.68. The van der Waals surface area contributed by atoms with Crippen molar-refractivity contribution >= 4 is 57.8 Å². The van der Waals surface area contributed by atoms with Crippen LogP contribution in [-0.4, -0.2) is 53.9 Å². The lowest BCUT2D eigenvalue weighted by Gasteiger charge is -2.10. The van der Waals surface area contributed by atoms with E-state index < -0.39 is 66.8 Å². The summed E-state index contributed by atoms with van der Waals surface area (Å²) in [4.78, 5) is -1.79. The molecule has 0 amide bonds. The van der Waals surface area contributed by atoms with Crippen LogP contribution in [0.3, 0.4) is 0 Å². The average Bonchev–Trinajstić information content (AvgIpc) is 3.06. The molecule has 0 spiro atoms. The molecule has 0 fully saturated rings. The van der Waals surface area contributed by atoms with Gasteiger partial charge in [0.25, 0.3) is 30.4 Å². The van der Waals surface area contributed by atoms with Crippen molar-refractivity contribution in [3.05, 3.63) is 42.5 Å². The Bertz CT molecular complexity index is 1740. The monoisotopic (exact) mass is 500 g/mol. The molecule has 0 unspecified atom stereocenters. The largest absolute Gasteiger partial charge is 0.399 e. The quantitative estimate of drug-likeness (QED) is 0.227. The molecule has 4 aromatic rings. The maximum atomic E-state index is 12.2. The summed E-state index contributed by atoms with van der Waals surface area (Å²) in [6, 6.07) is 8.06. The van der Waals surface area contributed by atoms with Crippen LogP contribution < -0.4 is 5.73 Å². The molecular formula is C16H12N4O9S3. The number of hydrogen-bond donors (Lipinski definition) is 4. The molecular weight excluding hydrogens is 488 g/mol. The Morgan fingerprint density at radius 1 is 0.688 bits per heavy atom. The standard InChI is InChI=1S/C16H12N4O9S3/c17-8-1-3-9(4-2-8)20-18-13-14(19-20)16(32(27,28)29)12-7-10(30(21,22)23)5-6-11(12)15(13)31(24,25)26/h1-7H,17H2,(H,21,22,23)(H,24,25,26)(H,27,28,29). The number of rotatable bonds is 4. The molecule has 1 aromatic heterocycles. The first-order valence-electron chi connectivity index (χ1n) is 8.33. The summed E-state index contributed by atoms with van der Waals surface area (Å²) in [6.45, 7) is 0. The van der Waals surface area contributed by atoms with E-state index in [4.69, 9.17) is 5.73 Å². The summed E-state index contributed by atoms with van der Waals surface area (Å²) in [5, 5.41) is 6.78. The normalized spacial score (nSPS) is 13.1. The van der Waals surface area contributed by atoms with Gasteiger partial charge in [-0.25, -0.2) is 0 Å². The van der Waals surface area contributed by atoms with E-state index in [-0.39, 0.29) is 5.69 Å². The predicted molar refractivity (Wildman–Crippen MR) is 110 cm³/mol. The van der Waals surface area contributed by atoms with Crippen molar-refractivity contribution in [2.75, 3.05) is 5.73 Å². The summed E-state index contributed by atoms with van der Waals surface area (Å²) in [5.41, 5.74) is 4.94. The fourth-order valence-electron chi connectivity index (χ4n) is 3.18. The molecule has 0 aliphatic heterocycles. The number of aromatic nitrogens is 3. The van der Waals surface area contributed by atoms with Crippen LogP contribution in [-0.2, 0) is 30.4 Å². The van der Waals surface area contributed by atoms with Gasteiger partial charge in [-0.1, -0.05) is 6.07 Å². The van der Waals surface area contributed by atoms with Gasteiger partial charge in [0.15, 0.2) is 0 Å². The van der Waals surface area contributed by atoms with Crippen molar-refractivity contribution in [3.63, 3.8) is 0 Å². The van der Waals surface area contributed by atoms with Gasteiger partial charge in [0, 0.05) is 16.5 Å². The predicted octanol–water partition coefficient (Wildman–Crippen LogP) is 0.896. The molecule has 1 heterocycles. The minimum absolute atomic E-state index is 0.223. The van der Waals surface area contributed by atoms with E-state index in [1.54, 1.807) is 0 Å². The average molecular weight is 500 g/mol. The van der Waals surface area contributed by atoms with Crippen LogP contribution in [0.5, 0.6) is 0 Å². The second kappa shape index (κ2) is 6.92. The minimum Gasteiger partial charge on any atom is -0.399 e. The maximum absolute atomic E-state index is 12.2. The Kier molecular flexibility index (Phi) is 4.77. The van der Waals surface area contributed by atoms with Gasteiger partial charge in [0.2, 0.25) is 0 Å². The van der Waals surface area contributed by atoms with Gasteiger partial charge in [-0.05, 0) is 36.4 Å². The molecule has 168 valence electrons. The van der Waals surface area contributed by atoms with Crippen molar-refractivity contribution < 1.29 is 38.9 Å². The molecule has 0 aliphatic rings. The van der Waals surface area contributed by atoms with Crippen LogP contribution >= 0.6 is 0 Å². The first kappa shape index (κ1) is 22.1. The minimum atomic E-state index is -5.14. The van der Waals surface area contributed by atoms with Crippen LogP contribution in [0.2, 0.25) is 0 Å². The highest BCUT2D eigenvalue weighted by molar-refractivity contribution is 7.87. The van der Waals surface area contributed by atoms with E-state index >= 15 is 0 Å². The number of hydrogen-bond acceptors (Lipinski definition) is 9. The van der Waals surface area contributed by atoms with E-state index in [1.165, 1.54) is 24.3 Å². The number of fused-ring (bicyclic) bond motifs is 2. The number of nitrogens with two attached hydrogens (primary N) is 1. The number of benzene rings is 3. The Hall–Kier alpha value is -3.15. The molecule has 13 nitrogen and oxygen atoms in total. The molecule has 0 aliphatic carbocycles. The Morgan fingerprint density at radius 2 is 1.19 bits per heavy atom. The van der Waals surface area contributed by atoms with Gasteiger partial charge >= 0.3 is 0 Å². The first-order valence-corrected chi connectivity index (χ1v) is 12.6. The SMILES string of the molecule is Nc1ccc(-n2nc3c(S(=O)(=O)O)c4ccc(S(=O)(=O)O)cc4c(S(=O)(=O)O)c3n2)cc1. The van der Waals surface area contributed by atoms with Crippen molar-refractivity contribution in [1.82, 2.24) is 15.0 Å². The molecule has 0 radical (unpaired) electrons. The topological polar surface area (TPSA) is 220 Å². The molecule has 0 bridgehead atoms. The van der Waals surface area contributed by atoms with E-state index in [1.807, 2.05) is 0 Å². The Balaban J connectivity index is 2.29. The summed E-state index contributed by atoms with van der Waals surface area (Å²) in [6.07, 6.45) is 0. The van der Waals surface area contributed by atoms with Gasteiger partial charge in [0.1, 0.15) is 20.8 Å². The lowest BCUT2D eigenvalue weighted by atomic mass is 10.1. The van der Waals surface area contributed by atoms with Crippen molar-refractivity contribution in [2.24, 2.45) is 0 Å². The summed E-state index contributed by atoms with van der Waals surface area (Å²) < 4.78 is 101. The maximum Gasteiger partial charge on any atom is 0.297 e. The fourth-order valence-corrected chi connectivity index (χ4v) is 5.36. The van der Waals surface area contributed by atoms with Gasteiger partial charge in [-0.2, -0.15) is 30.0 Å². The van der Waals surface area contributed by atoms with Crippen molar-refractivity contribution in [1.29, 1.82) is 0 Å². The van der Waals surface area contributed by atoms with Crippen LogP contribution in [0.4, 0.5) is 5.69 Å². The van der Waals surface area contributed by atoms with E-state index in [0.29, 0.717) is 11.8 Å². The first-order chi connectivity index (χ1) is 14.7. The fraction of sp³-hybridized carbons (Fsp3) is 0. The molecule has 0 saturated carbocycles. The van der Waals surface area contributed by atoms with Gasteiger partial charge in [-0.15, -0.1) is 10.2 Å². The Labute approximate surface area is 180 Å². The molecule has 5 N–H and O–H groups in total. The molecule has 16 heteroatoms. The van der Waals surface area contributed by atoms with Crippen LogP contribution in [0.1, 0.15) is 0 Å². The van der Waals surface area contributed by atoms with Crippen LogP contribution in [0.25, 0.3) is 27.5 Å². The van der Waals surface area contributed by atoms with Crippen LogP contribution in [0.15, 0.2) is 57.2 Å². The van der Waals surface area contributed by atoms with Gasteiger partial charge in [-0.3, -0.25) is 13.7 Å². The highest BCUT2D eigenvalue weighted by Gasteiger charge is 2.31. The third-order valence-electron chi connectivity index (χ3n) is 4.46. The second-order valence-electron chi connectivity index (χ2n) is 6.57. The summed E-state index contributed by atoms with van der Waals surface area (Å²) in [7, 11) is -15.1. The highest BCUT2D eigenvalue weighted by Crippen LogP contribution is 2.37. The van der Waals surface area contributed by atoms with Crippen LogP contribution in [0, 0.1) is 0 Å². The summed E-state index contributed by atoms with van der Waals surface area (Å²) >= 11 is 0.